The molecule has 8 heteroatoms. The van der Waals surface area contributed by atoms with E-state index in [0.29, 0.717) is 0 Å². The van der Waals surface area contributed by atoms with Crippen molar-refractivity contribution in [3.8, 4) is 0 Å². The maximum Gasteiger partial charge on any atom is 0.307 e. The fourth-order valence-electron chi connectivity index (χ4n) is 1.45. The molecule has 1 rings (SSSR count). The van der Waals surface area contributed by atoms with Gasteiger partial charge in [0.1, 0.15) is 0 Å². The van der Waals surface area contributed by atoms with Crippen LogP contribution in [0.2, 0.25) is 0 Å². The van der Waals surface area contributed by atoms with Gasteiger partial charge in [0.2, 0.25) is 7.37 Å². The van der Waals surface area contributed by atoms with Gasteiger partial charge >= 0.3 is 11.9 Å². The van der Waals surface area contributed by atoms with Crippen molar-refractivity contribution in [2.24, 2.45) is 5.92 Å². The van der Waals surface area contributed by atoms with Gasteiger partial charge in [0.25, 0.3) is 0 Å². The minimum absolute atomic E-state index is 0.152. The molecule has 1 aromatic rings. The van der Waals surface area contributed by atoms with E-state index >= 15 is 0 Å². The SMILES string of the molecule is O=C(O)CCC(CP(=O)(O)c1cccs1)C(=O)O. The topological polar surface area (TPSA) is 112 Å². The summed E-state index contributed by atoms with van der Waals surface area (Å²) in [6.07, 6.45) is -0.919. The van der Waals surface area contributed by atoms with E-state index in [9.17, 15) is 19.0 Å². The van der Waals surface area contributed by atoms with Gasteiger partial charge in [-0.3, -0.25) is 14.2 Å². The summed E-state index contributed by atoms with van der Waals surface area (Å²) in [6.45, 7) is 0. The van der Waals surface area contributed by atoms with Crippen LogP contribution in [-0.4, -0.2) is 33.2 Å². The molecule has 0 aromatic carbocycles. The summed E-state index contributed by atoms with van der Waals surface area (Å²) in [5, 5.41) is 19.1. The van der Waals surface area contributed by atoms with Crippen molar-refractivity contribution in [1.82, 2.24) is 0 Å². The van der Waals surface area contributed by atoms with E-state index in [0.717, 1.165) is 11.3 Å². The Morgan fingerprint density at radius 3 is 2.50 bits per heavy atom. The average molecular weight is 292 g/mol. The number of carboxylic acid groups (broad SMARTS) is 2. The van der Waals surface area contributed by atoms with Gasteiger partial charge in [0.05, 0.1) is 10.5 Å². The van der Waals surface area contributed by atoms with Crippen LogP contribution < -0.4 is 4.62 Å². The van der Waals surface area contributed by atoms with Crippen LogP contribution in [0.25, 0.3) is 0 Å². The van der Waals surface area contributed by atoms with Crippen LogP contribution in [0.4, 0.5) is 0 Å². The predicted molar refractivity (Wildman–Crippen MR) is 66.6 cm³/mol. The summed E-state index contributed by atoms with van der Waals surface area (Å²) in [5.74, 6) is -3.49. The number of aliphatic carboxylic acids is 2. The maximum absolute atomic E-state index is 12.0. The van der Waals surface area contributed by atoms with Gasteiger partial charge in [0, 0.05) is 12.6 Å². The normalized spacial score (nSPS) is 15.8. The highest BCUT2D eigenvalue weighted by molar-refractivity contribution is 7.72. The van der Waals surface area contributed by atoms with Crippen LogP contribution in [0.1, 0.15) is 12.8 Å². The third-order valence-corrected chi connectivity index (χ3v) is 5.99. The molecule has 0 spiro atoms. The molecule has 0 amide bonds. The lowest BCUT2D eigenvalue weighted by atomic mass is 10.1. The van der Waals surface area contributed by atoms with Crippen molar-refractivity contribution < 1.29 is 29.3 Å². The molecule has 0 fully saturated rings. The van der Waals surface area contributed by atoms with Crippen LogP contribution in [0.15, 0.2) is 17.5 Å². The van der Waals surface area contributed by atoms with E-state index in [1.54, 1.807) is 11.4 Å². The second kappa shape index (κ2) is 6.13. The van der Waals surface area contributed by atoms with Crippen LogP contribution in [0.3, 0.4) is 0 Å². The van der Waals surface area contributed by atoms with Gasteiger partial charge in [-0.05, 0) is 17.9 Å². The van der Waals surface area contributed by atoms with Gasteiger partial charge < -0.3 is 15.1 Å². The van der Waals surface area contributed by atoms with Crippen molar-refractivity contribution in [2.75, 3.05) is 6.16 Å². The number of carboxylic acids is 2. The Labute approximate surface area is 107 Å². The highest BCUT2D eigenvalue weighted by Crippen LogP contribution is 2.43. The molecule has 0 bridgehead atoms. The average Bonchev–Trinajstić information content (AvgIpc) is 2.77. The molecule has 0 radical (unpaired) electrons. The van der Waals surface area contributed by atoms with E-state index in [1.165, 1.54) is 6.07 Å². The summed E-state index contributed by atoms with van der Waals surface area (Å²) in [5.41, 5.74) is 0. The molecule has 0 saturated carbocycles. The smallest absolute Gasteiger partial charge is 0.307 e. The molecule has 1 heterocycles. The highest BCUT2D eigenvalue weighted by Gasteiger charge is 2.31. The second-order valence-corrected chi connectivity index (χ2v) is 7.30. The molecular formula is C10H13O6PS. The zero-order valence-electron chi connectivity index (χ0n) is 9.35. The zero-order valence-corrected chi connectivity index (χ0v) is 11.1. The lowest BCUT2D eigenvalue weighted by molar-refractivity contribution is -0.142. The van der Waals surface area contributed by atoms with E-state index < -0.39 is 31.4 Å². The molecule has 0 saturated heterocycles. The van der Waals surface area contributed by atoms with Crippen LogP contribution in [0, 0.1) is 5.92 Å². The van der Waals surface area contributed by atoms with E-state index in [-0.39, 0.29) is 17.5 Å². The third-order valence-electron chi connectivity index (χ3n) is 2.37. The fourth-order valence-corrected chi connectivity index (χ4v) is 4.40. The molecule has 2 unspecified atom stereocenters. The van der Waals surface area contributed by atoms with Crippen molar-refractivity contribution in [2.45, 2.75) is 12.8 Å². The van der Waals surface area contributed by atoms with Crippen LogP contribution in [-0.2, 0) is 14.2 Å². The summed E-state index contributed by atoms with van der Waals surface area (Å²) in [6, 6.07) is 3.08. The van der Waals surface area contributed by atoms with E-state index in [1.807, 2.05) is 0 Å². The third kappa shape index (κ3) is 4.25. The van der Waals surface area contributed by atoms with E-state index in [2.05, 4.69) is 0 Å². The molecular weight excluding hydrogens is 279 g/mol. The van der Waals surface area contributed by atoms with Gasteiger partial charge in [-0.2, -0.15) is 0 Å². The maximum atomic E-state index is 12.0. The van der Waals surface area contributed by atoms with E-state index in [4.69, 9.17) is 10.2 Å². The largest absolute Gasteiger partial charge is 0.481 e. The Bertz CT molecular complexity index is 469. The van der Waals surface area contributed by atoms with Crippen LogP contribution >= 0.6 is 18.7 Å². The first-order valence-electron chi connectivity index (χ1n) is 5.13. The number of rotatable bonds is 7. The van der Waals surface area contributed by atoms with Gasteiger partial charge in [-0.25, -0.2) is 0 Å². The van der Waals surface area contributed by atoms with Gasteiger partial charge in [0.15, 0.2) is 0 Å². The quantitative estimate of drug-likeness (QED) is 0.651. The standard InChI is InChI=1S/C10H13O6PS/c11-8(12)4-3-7(10(13)14)6-17(15,16)9-2-1-5-18-9/h1-2,5,7H,3-4,6H2,(H,11,12)(H,13,14)(H,15,16). The Morgan fingerprint density at radius 1 is 1.39 bits per heavy atom. The number of carbonyl (C=O) groups is 2. The van der Waals surface area contributed by atoms with Gasteiger partial charge in [-0.1, -0.05) is 6.07 Å². The monoisotopic (exact) mass is 292 g/mol. The Morgan fingerprint density at radius 2 is 2.06 bits per heavy atom. The molecule has 2 atom stereocenters. The first kappa shape index (κ1) is 14.9. The molecule has 3 N–H and O–H groups in total. The summed E-state index contributed by atoms with van der Waals surface area (Å²) in [7, 11) is -3.72. The van der Waals surface area contributed by atoms with Gasteiger partial charge in [-0.15, -0.1) is 11.3 Å². The molecule has 0 aliphatic rings. The Hall–Kier alpha value is -1.17. The van der Waals surface area contributed by atoms with Crippen molar-refractivity contribution in [3.05, 3.63) is 17.5 Å². The Kier molecular flexibility index (Phi) is 5.07. The minimum Gasteiger partial charge on any atom is -0.481 e. The minimum atomic E-state index is -3.72. The summed E-state index contributed by atoms with van der Waals surface area (Å²) < 4.78 is 12.2. The molecule has 0 aliphatic carbocycles. The molecule has 100 valence electrons. The number of thiophene rings is 1. The highest BCUT2D eigenvalue weighted by atomic mass is 32.1. The lowest BCUT2D eigenvalue weighted by Crippen LogP contribution is -2.21. The molecule has 1 aromatic heterocycles. The molecule has 0 aliphatic heterocycles. The summed E-state index contributed by atoms with van der Waals surface area (Å²) >= 11 is 1.09. The number of hydrogen-bond acceptors (Lipinski definition) is 4. The number of hydrogen-bond donors (Lipinski definition) is 3. The fraction of sp³-hybridized carbons (Fsp3) is 0.400. The lowest BCUT2D eigenvalue weighted by Gasteiger charge is -2.15. The summed E-state index contributed by atoms with van der Waals surface area (Å²) in [4.78, 5) is 31.2. The first-order chi connectivity index (χ1) is 8.33. The van der Waals surface area contributed by atoms with Crippen molar-refractivity contribution in [3.63, 3.8) is 0 Å². The zero-order chi connectivity index (χ0) is 13.8. The first-order valence-corrected chi connectivity index (χ1v) is 7.86. The second-order valence-electron chi connectivity index (χ2n) is 3.80. The van der Waals surface area contributed by atoms with Crippen LogP contribution in [0.5, 0.6) is 0 Å². The predicted octanol–water partition coefficient (Wildman–Crippen LogP) is 1.21. The molecule has 6 nitrogen and oxygen atoms in total. The molecule has 18 heavy (non-hydrogen) atoms. The van der Waals surface area contributed by atoms with Crippen molar-refractivity contribution >= 4 is 35.3 Å². The Balaban J connectivity index is 2.74. The van der Waals surface area contributed by atoms with Crippen molar-refractivity contribution in [1.29, 1.82) is 0 Å².